The molecule has 0 radical (unpaired) electrons. The van der Waals surface area contributed by atoms with Crippen molar-refractivity contribution in [3.8, 4) is 0 Å². The van der Waals surface area contributed by atoms with Gasteiger partial charge in [-0.15, -0.1) is 0 Å². The molecule has 0 N–H and O–H groups in total. The van der Waals surface area contributed by atoms with Gasteiger partial charge in [0.1, 0.15) is 0 Å². The monoisotopic (exact) mass is 271 g/mol. The first-order valence-corrected chi connectivity index (χ1v) is 8.01. The summed E-state index contributed by atoms with van der Waals surface area (Å²) in [5, 5.41) is 0. The number of carbonyl (C=O) groups excluding carboxylic acids is 1. The summed E-state index contributed by atoms with van der Waals surface area (Å²) in [6.45, 7) is 4.10. The first kappa shape index (κ1) is 13.7. The highest BCUT2D eigenvalue weighted by molar-refractivity contribution is 5.85. The summed E-state index contributed by atoms with van der Waals surface area (Å²) in [4.78, 5) is 14.6. The van der Waals surface area contributed by atoms with E-state index in [-0.39, 0.29) is 5.41 Å². The summed E-state index contributed by atoms with van der Waals surface area (Å²) < 4.78 is 0. The van der Waals surface area contributed by atoms with E-state index >= 15 is 0 Å². The molecule has 2 aliphatic rings. The van der Waals surface area contributed by atoms with Gasteiger partial charge in [-0.3, -0.25) is 4.79 Å². The Labute approximate surface area is 122 Å². The molecule has 1 aliphatic heterocycles. The Kier molecular flexibility index (Phi) is 3.82. The lowest BCUT2D eigenvalue weighted by Crippen LogP contribution is -2.43. The molecule has 0 aromatic heterocycles. The van der Waals surface area contributed by atoms with Crippen molar-refractivity contribution >= 4 is 5.91 Å². The van der Waals surface area contributed by atoms with Crippen LogP contribution in [0.25, 0.3) is 0 Å². The van der Waals surface area contributed by atoms with Gasteiger partial charge in [-0.25, -0.2) is 0 Å². The predicted molar refractivity (Wildman–Crippen MR) is 81.4 cm³/mol. The minimum Gasteiger partial charge on any atom is -0.342 e. The van der Waals surface area contributed by atoms with E-state index in [0.717, 1.165) is 32.4 Å². The molecule has 1 aromatic rings. The van der Waals surface area contributed by atoms with E-state index in [4.69, 9.17) is 0 Å². The molecule has 20 heavy (non-hydrogen) atoms. The number of rotatable bonds is 4. The van der Waals surface area contributed by atoms with Crippen LogP contribution in [0.2, 0.25) is 0 Å². The second-order valence-corrected chi connectivity index (χ2v) is 6.84. The molecule has 0 bridgehead atoms. The molecule has 2 heteroatoms. The molecule has 1 atom stereocenters. The molecule has 3 rings (SSSR count). The number of hydrogen-bond donors (Lipinski definition) is 0. The van der Waals surface area contributed by atoms with Gasteiger partial charge in [0.25, 0.3) is 0 Å². The van der Waals surface area contributed by atoms with Crippen LogP contribution in [0.15, 0.2) is 30.3 Å². The average molecular weight is 271 g/mol. The fraction of sp³-hybridized carbons (Fsp3) is 0.611. The van der Waals surface area contributed by atoms with Gasteiger partial charge < -0.3 is 4.90 Å². The number of piperidine rings is 1. The highest BCUT2D eigenvalue weighted by Gasteiger charge is 2.47. The zero-order valence-electron chi connectivity index (χ0n) is 12.5. The lowest BCUT2D eigenvalue weighted by Gasteiger charge is -2.34. The highest BCUT2D eigenvalue weighted by atomic mass is 16.2. The number of carbonyl (C=O) groups is 1. The Bertz CT molecular complexity index is 464. The maximum Gasteiger partial charge on any atom is 0.228 e. The number of amides is 1. The van der Waals surface area contributed by atoms with E-state index in [1.54, 1.807) is 0 Å². The lowest BCUT2D eigenvalue weighted by molar-refractivity contribution is -0.138. The van der Waals surface area contributed by atoms with Crippen molar-refractivity contribution < 1.29 is 4.79 Å². The zero-order valence-corrected chi connectivity index (χ0v) is 12.5. The van der Waals surface area contributed by atoms with E-state index in [0.29, 0.717) is 11.8 Å². The van der Waals surface area contributed by atoms with E-state index in [2.05, 4.69) is 42.2 Å². The van der Waals surface area contributed by atoms with Gasteiger partial charge in [-0.05, 0) is 50.0 Å². The van der Waals surface area contributed by atoms with E-state index in [9.17, 15) is 4.79 Å². The van der Waals surface area contributed by atoms with Gasteiger partial charge in [0.05, 0.1) is 0 Å². The molecule has 1 aromatic carbocycles. The average Bonchev–Trinajstić information content (AvgIpc) is 3.25. The van der Waals surface area contributed by atoms with Crippen molar-refractivity contribution in [3.05, 3.63) is 35.9 Å². The molecule has 0 spiro atoms. The smallest absolute Gasteiger partial charge is 0.228 e. The third-order valence-electron chi connectivity index (χ3n) is 5.01. The Balaban J connectivity index is 1.52. The topological polar surface area (TPSA) is 20.3 Å². The van der Waals surface area contributed by atoms with Gasteiger partial charge in [-0.2, -0.15) is 0 Å². The molecule has 1 heterocycles. The van der Waals surface area contributed by atoms with Gasteiger partial charge in [-0.1, -0.05) is 37.3 Å². The fourth-order valence-electron chi connectivity index (χ4n) is 3.28. The number of benzene rings is 1. The minimum absolute atomic E-state index is 0.00131. The Morgan fingerprint density at radius 1 is 1.30 bits per heavy atom. The predicted octanol–water partition coefficient (Wildman–Crippen LogP) is 3.66. The van der Waals surface area contributed by atoms with Crippen LogP contribution in [0.5, 0.6) is 0 Å². The molecule has 108 valence electrons. The highest BCUT2D eigenvalue weighted by Crippen LogP contribution is 2.47. The molecule has 0 unspecified atom stereocenters. The van der Waals surface area contributed by atoms with Crippen LogP contribution in [0.4, 0.5) is 0 Å². The normalized spacial score (nSPS) is 24.4. The van der Waals surface area contributed by atoms with Crippen molar-refractivity contribution in [1.29, 1.82) is 0 Å². The second-order valence-electron chi connectivity index (χ2n) is 6.84. The van der Waals surface area contributed by atoms with Crippen molar-refractivity contribution in [2.45, 2.75) is 45.4 Å². The summed E-state index contributed by atoms with van der Waals surface area (Å²) in [6, 6.07) is 10.7. The number of nitrogens with zero attached hydrogens (tertiary/aromatic N) is 1. The Morgan fingerprint density at radius 2 is 2.05 bits per heavy atom. The number of likely N-dealkylation sites (tertiary alicyclic amines) is 1. The van der Waals surface area contributed by atoms with Crippen molar-refractivity contribution in [1.82, 2.24) is 4.90 Å². The molecular formula is C18H25NO. The number of aryl methyl sites for hydroxylation is 1. The van der Waals surface area contributed by atoms with Crippen molar-refractivity contribution in [2.24, 2.45) is 11.3 Å². The second kappa shape index (κ2) is 5.59. The van der Waals surface area contributed by atoms with Crippen LogP contribution < -0.4 is 0 Å². The third-order valence-corrected chi connectivity index (χ3v) is 5.01. The van der Waals surface area contributed by atoms with Gasteiger partial charge in [0.2, 0.25) is 5.91 Å². The summed E-state index contributed by atoms with van der Waals surface area (Å²) in [5.41, 5.74) is 1.42. The summed E-state index contributed by atoms with van der Waals surface area (Å²) in [7, 11) is 0. The van der Waals surface area contributed by atoms with E-state index in [1.807, 2.05) is 0 Å². The van der Waals surface area contributed by atoms with Crippen LogP contribution in [-0.4, -0.2) is 23.9 Å². The largest absolute Gasteiger partial charge is 0.342 e. The SMILES string of the molecule is CC1(C(=O)N2CCC[C@H](CCc3ccccc3)C2)CC1. The van der Waals surface area contributed by atoms with Crippen LogP contribution in [0.1, 0.15) is 44.6 Å². The first-order valence-electron chi connectivity index (χ1n) is 8.01. The van der Waals surface area contributed by atoms with Crippen LogP contribution in [0, 0.1) is 11.3 Å². The van der Waals surface area contributed by atoms with Gasteiger partial charge in [0, 0.05) is 18.5 Å². The molecule has 2 nitrogen and oxygen atoms in total. The zero-order chi connectivity index (χ0) is 14.0. The molecule has 1 amide bonds. The van der Waals surface area contributed by atoms with E-state index in [1.165, 1.54) is 24.8 Å². The van der Waals surface area contributed by atoms with Crippen molar-refractivity contribution in [3.63, 3.8) is 0 Å². The summed E-state index contributed by atoms with van der Waals surface area (Å²) in [6.07, 6.45) is 7.01. The van der Waals surface area contributed by atoms with E-state index < -0.39 is 0 Å². The number of hydrogen-bond acceptors (Lipinski definition) is 1. The maximum atomic E-state index is 12.4. The fourth-order valence-corrected chi connectivity index (χ4v) is 3.28. The molecule has 1 aliphatic carbocycles. The minimum atomic E-state index is 0.00131. The Hall–Kier alpha value is -1.31. The van der Waals surface area contributed by atoms with Crippen molar-refractivity contribution in [2.75, 3.05) is 13.1 Å². The first-order chi connectivity index (χ1) is 9.67. The van der Waals surface area contributed by atoms with Crippen LogP contribution in [0.3, 0.4) is 0 Å². The summed E-state index contributed by atoms with van der Waals surface area (Å²) >= 11 is 0. The maximum absolute atomic E-state index is 12.4. The molecule has 1 saturated heterocycles. The molecule has 2 fully saturated rings. The lowest BCUT2D eigenvalue weighted by atomic mass is 9.91. The quantitative estimate of drug-likeness (QED) is 0.818. The molecular weight excluding hydrogens is 246 g/mol. The Morgan fingerprint density at radius 3 is 2.75 bits per heavy atom. The van der Waals surface area contributed by atoms with Crippen LogP contribution in [-0.2, 0) is 11.2 Å². The summed E-state index contributed by atoms with van der Waals surface area (Å²) in [5.74, 6) is 1.11. The third kappa shape index (κ3) is 3.05. The standard InChI is InChI=1S/C18H25NO/c1-18(11-12-18)17(20)19-13-5-8-16(14-19)10-9-15-6-3-2-4-7-15/h2-4,6-7,16H,5,8-14H2,1H3/t16-/m1/s1. The molecule has 1 saturated carbocycles. The van der Waals surface area contributed by atoms with Gasteiger partial charge in [0.15, 0.2) is 0 Å². The van der Waals surface area contributed by atoms with Gasteiger partial charge >= 0.3 is 0 Å². The van der Waals surface area contributed by atoms with Crippen LogP contribution >= 0.6 is 0 Å².